The summed E-state index contributed by atoms with van der Waals surface area (Å²) in [5.74, 6) is -2.18. The standard InChI is InChI=1S/C18H21NO4.C2H2O4/c1-19-8-7-17-14-10-3-4-12(22-2)15(14)23-16(17)11(20)5-6-18(17,21)13(19)9-10;3-1(4)2(5)6/h3-4,13,16,21H,5-9H2,1-2H3;(H,3,4)(H,5,6)/t13-,16+,17+,18-;/m1./s1. The summed E-state index contributed by atoms with van der Waals surface area (Å²) in [4.78, 5) is 33.1. The maximum absolute atomic E-state index is 12.7. The SMILES string of the molecule is COc1ccc2c3c1O[C@H]1C(=O)CC[C@@]4(O)[C@@H](C2)N(C)CC[C@]314.O=C(O)C(=O)O. The molecule has 0 aromatic heterocycles. The van der Waals surface area contributed by atoms with E-state index < -0.39 is 29.1 Å². The molecular weight excluding hydrogens is 382 g/mol. The molecule has 0 unspecified atom stereocenters. The van der Waals surface area contributed by atoms with Crippen LogP contribution in [0, 0.1) is 0 Å². The number of methoxy groups -OCH3 is 1. The van der Waals surface area contributed by atoms with Crippen molar-refractivity contribution in [2.75, 3.05) is 20.7 Å². The molecule has 0 amide bonds. The van der Waals surface area contributed by atoms with E-state index in [0.717, 1.165) is 24.9 Å². The molecule has 2 fully saturated rings. The summed E-state index contributed by atoms with van der Waals surface area (Å²) in [6, 6.07) is 4.05. The lowest BCUT2D eigenvalue weighted by Crippen LogP contribution is -2.76. The number of rotatable bonds is 1. The van der Waals surface area contributed by atoms with Crippen LogP contribution in [0.4, 0.5) is 0 Å². The molecule has 9 heteroatoms. The third kappa shape index (κ3) is 2.43. The summed E-state index contributed by atoms with van der Waals surface area (Å²) in [5.41, 5.74) is 0.737. The van der Waals surface area contributed by atoms with Crippen molar-refractivity contribution < 1.29 is 39.2 Å². The van der Waals surface area contributed by atoms with Gasteiger partial charge in [0.1, 0.15) is 0 Å². The van der Waals surface area contributed by atoms with Crippen LogP contribution in [0.5, 0.6) is 11.5 Å². The van der Waals surface area contributed by atoms with Crippen LogP contribution < -0.4 is 9.47 Å². The van der Waals surface area contributed by atoms with E-state index in [0.29, 0.717) is 24.3 Å². The second-order valence-corrected chi connectivity index (χ2v) is 8.05. The molecule has 2 bridgehead atoms. The molecule has 1 aromatic rings. The number of nitrogens with zero attached hydrogens (tertiary/aromatic N) is 1. The minimum atomic E-state index is -1.82. The van der Waals surface area contributed by atoms with Crippen LogP contribution in [0.2, 0.25) is 0 Å². The number of ether oxygens (including phenoxy) is 2. The van der Waals surface area contributed by atoms with Crippen molar-refractivity contribution in [2.45, 2.75) is 48.8 Å². The lowest BCUT2D eigenvalue weighted by Gasteiger charge is -2.62. The number of hydrogen-bond acceptors (Lipinski definition) is 7. The Morgan fingerprint density at radius 1 is 1.24 bits per heavy atom. The number of hydrogen-bond donors (Lipinski definition) is 3. The predicted molar refractivity (Wildman–Crippen MR) is 98.3 cm³/mol. The number of carbonyl (C=O) groups is 3. The highest BCUT2D eigenvalue weighted by molar-refractivity contribution is 6.27. The number of carboxylic acid groups (broad SMARTS) is 2. The zero-order chi connectivity index (χ0) is 21.1. The van der Waals surface area contributed by atoms with E-state index in [9.17, 15) is 9.90 Å². The van der Waals surface area contributed by atoms with E-state index in [1.165, 1.54) is 5.56 Å². The summed E-state index contributed by atoms with van der Waals surface area (Å²) in [5, 5.41) is 26.5. The molecule has 3 N–H and O–H groups in total. The summed E-state index contributed by atoms with van der Waals surface area (Å²) in [6.45, 7) is 0.871. The lowest BCUT2D eigenvalue weighted by atomic mass is 9.49. The third-order valence-corrected chi connectivity index (χ3v) is 6.91. The monoisotopic (exact) mass is 405 g/mol. The molecule has 9 nitrogen and oxygen atoms in total. The minimum absolute atomic E-state index is 0.0438. The van der Waals surface area contributed by atoms with Gasteiger partial charge in [0.15, 0.2) is 23.4 Å². The van der Waals surface area contributed by atoms with Crippen molar-refractivity contribution in [1.29, 1.82) is 0 Å². The second kappa shape index (κ2) is 6.43. The first-order valence-corrected chi connectivity index (χ1v) is 9.46. The number of carbonyl (C=O) groups excluding carboxylic acids is 1. The van der Waals surface area contributed by atoms with Crippen LogP contribution in [-0.2, 0) is 26.2 Å². The molecule has 1 aromatic carbocycles. The Kier molecular flexibility index (Phi) is 4.36. The van der Waals surface area contributed by atoms with E-state index in [2.05, 4.69) is 18.0 Å². The molecule has 1 saturated carbocycles. The normalized spacial score (nSPS) is 33.7. The van der Waals surface area contributed by atoms with Gasteiger partial charge in [0.25, 0.3) is 0 Å². The highest BCUT2D eigenvalue weighted by Gasteiger charge is 2.72. The average Bonchev–Trinajstić information content (AvgIpc) is 3.04. The van der Waals surface area contributed by atoms with E-state index >= 15 is 0 Å². The van der Waals surface area contributed by atoms with E-state index in [4.69, 9.17) is 29.3 Å². The highest BCUT2D eigenvalue weighted by Crippen LogP contribution is 2.64. The molecule has 1 saturated heterocycles. The summed E-state index contributed by atoms with van der Waals surface area (Å²) in [7, 11) is 3.70. The zero-order valence-corrected chi connectivity index (χ0v) is 16.2. The molecule has 5 rings (SSSR count). The second-order valence-electron chi connectivity index (χ2n) is 8.05. The van der Waals surface area contributed by atoms with E-state index in [1.54, 1.807) is 7.11 Å². The van der Waals surface area contributed by atoms with Gasteiger partial charge in [-0.3, -0.25) is 4.79 Å². The summed E-state index contributed by atoms with van der Waals surface area (Å²) >= 11 is 0. The molecular formula is C20H23NO8. The molecule has 29 heavy (non-hydrogen) atoms. The summed E-state index contributed by atoms with van der Waals surface area (Å²) in [6.07, 6.45) is 1.89. The van der Waals surface area contributed by atoms with Crippen molar-refractivity contribution >= 4 is 17.7 Å². The Morgan fingerprint density at radius 3 is 2.55 bits per heavy atom. The minimum Gasteiger partial charge on any atom is -0.493 e. The number of aliphatic carboxylic acids is 2. The molecule has 0 radical (unpaired) electrons. The fourth-order valence-corrected chi connectivity index (χ4v) is 5.69. The smallest absolute Gasteiger partial charge is 0.414 e. The van der Waals surface area contributed by atoms with Crippen LogP contribution >= 0.6 is 0 Å². The number of carboxylic acids is 2. The van der Waals surface area contributed by atoms with Gasteiger partial charge in [-0.2, -0.15) is 0 Å². The van der Waals surface area contributed by atoms with Crippen LogP contribution in [0.3, 0.4) is 0 Å². The van der Waals surface area contributed by atoms with Crippen molar-refractivity contribution in [1.82, 2.24) is 4.90 Å². The number of aliphatic hydroxyl groups is 1. The maximum Gasteiger partial charge on any atom is 0.414 e. The lowest BCUT2D eigenvalue weighted by molar-refractivity contribution is -0.185. The van der Waals surface area contributed by atoms with Gasteiger partial charge in [0.05, 0.1) is 18.1 Å². The molecule has 2 aliphatic heterocycles. The van der Waals surface area contributed by atoms with Crippen molar-refractivity contribution in [3.63, 3.8) is 0 Å². The quantitative estimate of drug-likeness (QED) is 0.560. The number of likely N-dealkylation sites (tertiary alicyclic amines) is 1. The molecule has 4 aliphatic rings. The Morgan fingerprint density at radius 2 is 1.93 bits per heavy atom. The number of likely N-dealkylation sites (N-methyl/N-ethyl adjacent to an activating group) is 1. The first kappa shape index (κ1) is 19.7. The van der Waals surface area contributed by atoms with Gasteiger partial charge in [-0.25, -0.2) is 9.59 Å². The fourth-order valence-electron chi connectivity index (χ4n) is 5.69. The number of benzene rings is 1. The number of piperidine rings is 1. The maximum atomic E-state index is 12.7. The van der Waals surface area contributed by atoms with Gasteiger partial charge in [0, 0.05) is 18.0 Å². The first-order valence-electron chi connectivity index (χ1n) is 9.46. The van der Waals surface area contributed by atoms with Crippen molar-refractivity contribution in [2.24, 2.45) is 0 Å². The number of Topliss-reactive ketones (excluding diaryl/α,β-unsaturated/α-hetero) is 1. The Bertz CT molecular complexity index is 902. The van der Waals surface area contributed by atoms with Gasteiger partial charge >= 0.3 is 11.9 Å². The average molecular weight is 405 g/mol. The predicted octanol–water partition coefficient (Wildman–Crippen LogP) is 0.204. The number of ketones is 1. The van der Waals surface area contributed by atoms with Crippen LogP contribution in [0.1, 0.15) is 30.4 Å². The fraction of sp³-hybridized carbons (Fsp3) is 0.550. The van der Waals surface area contributed by atoms with Crippen LogP contribution in [0.15, 0.2) is 12.1 Å². The van der Waals surface area contributed by atoms with Gasteiger partial charge in [-0.05, 0) is 44.5 Å². The zero-order valence-electron chi connectivity index (χ0n) is 16.2. The van der Waals surface area contributed by atoms with Crippen molar-refractivity contribution in [3.05, 3.63) is 23.3 Å². The van der Waals surface area contributed by atoms with E-state index in [-0.39, 0.29) is 11.8 Å². The Balaban J connectivity index is 0.000000302. The Hall–Kier alpha value is -2.65. The van der Waals surface area contributed by atoms with Crippen LogP contribution in [0.25, 0.3) is 0 Å². The largest absolute Gasteiger partial charge is 0.493 e. The first-order chi connectivity index (χ1) is 13.7. The van der Waals surface area contributed by atoms with Gasteiger partial charge < -0.3 is 29.7 Å². The van der Waals surface area contributed by atoms with E-state index in [1.807, 2.05) is 6.07 Å². The van der Waals surface area contributed by atoms with Gasteiger partial charge in [-0.15, -0.1) is 0 Å². The molecule has 156 valence electrons. The topological polar surface area (TPSA) is 134 Å². The van der Waals surface area contributed by atoms with Crippen LogP contribution in [-0.4, -0.2) is 76.4 Å². The molecule has 1 spiro atoms. The van der Waals surface area contributed by atoms with Gasteiger partial charge in [0.2, 0.25) is 0 Å². The molecule has 4 atom stereocenters. The third-order valence-electron chi connectivity index (χ3n) is 6.91. The van der Waals surface area contributed by atoms with Gasteiger partial charge in [-0.1, -0.05) is 6.07 Å². The molecule has 2 heterocycles. The highest BCUT2D eigenvalue weighted by atomic mass is 16.5. The van der Waals surface area contributed by atoms with Crippen molar-refractivity contribution in [3.8, 4) is 11.5 Å². The molecule has 2 aliphatic carbocycles. The summed E-state index contributed by atoms with van der Waals surface area (Å²) < 4.78 is 11.6. The Labute approximate surface area is 166 Å².